The highest BCUT2D eigenvalue weighted by Crippen LogP contribution is 2.25. The highest BCUT2D eigenvalue weighted by Gasteiger charge is 2.03. The second kappa shape index (κ2) is 7.90. The van der Waals surface area contributed by atoms with E-state index in [0.29, 0.717) is 23.9 Å². The molecule has 0 saturated carbocycles. The van der Waals surface area contributed by atoms with Crippen LogP contribution in [0.25, 0.3) is 0 Å². The van der Waals surface area contributed by atoms with Crippen LogP contribution in [-0.4, -0.2) is 13.3 Å². The van der Waals surface area contributed by atoms with E-state index in [1.165, 1.54) is 0 Å². The SMILES string of the molecule is NCCc1ccc(OCOCc2ccccc2)c(Cl)c1. The van der Waals surface area contributed by atoms with Crippen molar-refractivity contribution in [1.29, 1.82) is 0 Å². The molecule has 3 nitrogen and oxygen atoms in total. The third-order valence-corrected chi connectivity index (χ3v) is 3.13. The molecular formula is C16H18ClNO2. The molecule has 2 aromatic rings. The smallest absolute Gasteiger partial charge is 0.189 e. The third-order valence-electron chi connectivity index (χ3n) is 2.84. The van der Waals surface area contributed by atoms with E-state index >= 15 is 0 Å². The van der Waals surface area contributed by atoms with E-state index in [-0.39, 0.29) is 6.79 Å². The summed E-state index contributed by atoms with van der Waals surface area (Å²) >= 11 is 6.14. The Labute approximate surface area is 124 Å². The van der Waals surface area contributed by atoms with Crippen molar-refractivity contribution in [2.45, 2.75) is 13.0 Å². The van der Waals surface area contributed by atoms with Crippen molar-refractivity contribution in [3.05, 3.63) is 64.7 Å². The number of rotatable bonds is 7. The van der Waals surface area contributed by atoms with Crippen LogP contribution in [0.15, 0.2) is 48.5 Å². The Morgan fingerprint density at radius 2 is 1.80 bits per heavy atom. The van der Waals surface area contributed by atoms with Crippen molar-refractivity contribution in [2.75, 3.05) is 13.3 Å². The second-order valence-electron chi connectivity index (χ2n) is 4.40. The van der Waals surface area contributed by atoms with Gasteiger partial charge in [0, 0.05) is 0 Å². The molecule has 0 aromatic heterocycles. The van der Waals surface area contributed by atoms with Gasteiger partial charge in [0.2, 0.25) is 0 Å². The Kier molecular flexibility index (Phi) is 5.87. The first-order valence-corrected chi connectivity index (χ1v) is 6.90. The van der Waals surface area contributed by atoms with Crippen molar-refractivity contribution >= 4 is 11.6 Å². The number of benzene rings is 2. The third kappa shape index (κ3) is 4.53. The van der Waals surface area contributed by atoms with E-state index in [9.17, 15) is 0 Å². The molecule has 0 radical (unpaired) electrons. The standard InChI is InChI=1S/C16H18ClNO2/c17-15-10-13(8-9-18)6-7-16(15)20-12-19-11-14-4-2-1-3-5-14/h1-7,10H,8-9,11-12,18H2. The molecule has 4 heteroatoms. The van der Waals surface area contributed by atoms with Gasteiger partial charge >= 0.3 is 0 Å². The van der Waals surface area contributed by atoms with Gasteiger partial charge in [0.25, 0.3) is 0 Å². The molecule has 0 atom stereocenters. The van der Waals surface area contributed by atoms with Crippen LogP contribution in [0.1, 0.15) is 11.1 Å². The minimum absolute atomic E-state index is 0.171. The topological polar surface area (TPSA) is 44.5 Å². The van der Waals surface area contributed by atoms with Gasteiger partial charge < -0.3 is 15.2 Å². The quantitative estimate of drug-likeness (QED) is 0.628. The maximum Gasteiger partial charge on any atom is 0.189 e. The van der Waals surface area contributed by atoms with Gasteiger partial charge in [0.15, 0.2) is 6.79 Å². The van der Waals surface area contributed by atoms with E-state index in [1.54, 1.807) is 0 Å². The Morgan fingerprint density at radius 1 is 1.00 bits per heavy atom. The lowest BCUT2D eigenvalue weighted by molar-refractivity contribution is 0.00509. The normalized spacial score (nSPS) is 10.5. The zero-order valence-corrected chi connectivity index (χ0v) is 12.0. The van der Waals surface area contributed by atoms with Gasteiger partial charge in [-0.1, -0.05) is 48.0 Å². The first kappa shape index (κ1) is 14.9. The molecular weight excluding hydrogens is 274 g/mol. The van der Waals surface area contributed by atoms with E-state index < -0.39 is 0 Å². The van der Waals surface area contributed by atoms with Crippen molar-refractivity contribution in [1.82, 2.24) is 0 Å². The molecule has 0 bridgehead atoms. The largest absolute Gasteiger partial charge is 0.466 e. The summed E-state index contributed by atoms with van der Waals surface area (Å²) in [7, 11) is 0. The first-order valence-electron chi connectivity index (χ1n) is 6.52. The van der Waals surface area contributed by atoms with Gasteiger partial charge in [-0.2, -0.15) is 0 Å². The van der Waals surface area contributed by atoms with Crippen LogP contribution in [0.5, 0.6) is 5.75 Å². The molecule has 0 aliphatic rings. The number of ether oxygens (including phenoxy) is 2. The maximum atomic E-state index is 6.14. The Hall–Kier alpha value is -1.55. The molecule has 0 aliphatic carbocycles. The fourth-order valence-electron chi connectivity index (χ4n) is 1.82. The molecule has 20 heavy (non-hydrogen) atoms. The summed E-state index contributed by atoms with van der Waals surface area (Å²) in [6.45, 7) is 1.30. The summed E-state index contributed by atoms with van der Waals surface area (Å²) in [5.41, 5.74) is 7.73. The minimum Gasteiger partial charge on any atom is -0.466 e. The van der Waals surface area contributed by atoms with E-state index in [2.05, 4.69) is 0 Å². The molecule has 0 amide bonds. The zero-order chi connectivity index (χ0) is 14.2. The summed E-state index contributed by atoms with van der Waals surface area (Å²) < 4.78 is 11.0. The average Bonchev–Trinajstić information content (AvgIpc) is 2.47. The van der Waals surface area contributed by atoms with Crippen LogP contribution in [0.4, 0.5) is 0 Å². The summed E-state index contributed by atoms with van der Waals surface area (Å²) in [6.07, 6.45) is 0.810. The average molecular weight is 292 g/mol. The van der Waals surface area contributed by atoms with Gasteiger partial charge in [-0.25, -0.2) is 0 Å². The zero-order valence-electron chi connectivity index (χ0n) is 11.2. The molecule has 0 fully saturated rings. The number of halogens is 1. The molecule has 0 heterocycles. The predicted molar refractivity (Wildman–Crippen MR) is 80.9 cm³/mol. The lowest BCUT2D eigenvalue weighted by atomic mass is 10.1. The van der Waals surface area contributed by atoms with E-state index in [0.717, 1.165) is 17.5 Å². The molecule has 0 unspecified atom stereocenters. The fraction of sp³-hybridized carbons (Fsp3) is 0.250. The van der Waals surface area contributed by atoms with Crippen LogP contribution in [0.3, 0.4) is 0 Å². The maximum absolute atomic E-state index is 6.14. The predicted octanol–water partition coefficient (Wildman–Crippen LogP) is 3.39. The number of nitrogens with two attached hydrogens (primary N) is 1. The Balaban J connectivity index is 1.79. The monoisotopic (exact) mass is 291 g/mol. The van der Waals surface area contributed by atoms with Gasteiger partial charge in [-0.15, -0.1) is 0 Å². The lowest BCUT2D eigenvalue weighted by Gasteiger charge is -2.10. The highest BCUT2D eigenvalue weighted by molar-refractivity contribution is 6.32. The van der Waals surface area contributed by atoms with Gasteiger partial charge in [0.05, 0.1) is 11.6 Å². The van der Waals surface area contributed by atoms with Crippen LogP contribution < -0.4 is 10.5 Å². The van der Waals surface area contributed by atoms with Crippen molar-refractivity contribution in [3.8, 4) is 5.75 Å². The molecule has 0 aliphatic heterocycles. The molecule has 0 spiro atoms. The van der Waals surface area contributed by atoms with Gasteiger partial charge in [-0.3, -0.25) is 0 Å². The first-order chi connectivity index (χ1) is 9.79. The van der Waals surface area contributed by atoms with Crippen LogP contribution in [0.2, 0.25) is 5.02 Å². The highest BCUT2D eigenvalue weighted by atomic mass is 35.5. The lowest BCUT2D eigenvalue weighted by Crippen LogP contribution is -2.05. The van der Waals surface area contributed by atoms with Crippen LogP contribution >= 0.6 is 11.6 Å². The fourth-order valence-corrected chi connectivity index (χ4v) is 2.08. The second-order valence-corrected chi connectivity index (χ2v) is 4.81. The van der Waals surface area contributed by atoms with E-state index in [1.807, 2.05) is 48.5 Å². The molecule has 2 rings (SSSR count). The van der Waals surface area contributed by atoms with Crippen molar-refractivity contribution in [2.24, 2.45) is 5.73 Å². The van der Waals surface area contributed by atoms with E-state index in [4.69, 9.17) is 26.8 Å². The summed E-state index contributed by atoms with van der Waals surface area (Å²) in [4.78, 5) is 0. The summed E-state index contributed by atoms with van der Waals surface area (Å²) in [5, 5.41) is 0.583. The summed E-state index contributed by atoms with van der Waals surface area (Å²) in [6, 6.07) is 15.6. The molecule has 2 aromatic carbocycles. The van der Waals surface area contributed by atoms with Crippen LogP contribution in [-0.2, 0) is 17.8 Å². The number of hydrogen-bond donors (Lipinski definition) is 1. The summed E-state index contributed by atoms with van der Waals surface area (Å²) in [5.74, 6) is 0.625. The van der Waals surface area contributed by atoms with Crippen molar-refractivity contribution in [3.63, 3.8) is 0 Å². The van der Waals surface area contributed by atoms with Crippen LogP contribution in [0, 0.1) is 0 Å². The molecule has 0 saturated heterocycles. The molecule has 2 N–H and O–H groups in total. The Morgan fingerprint density at radius 3 is 2.50 bits per heavy atom. The number of hydrogen-bond acceptors (Lipinski definition) is 3. The van der Waals surface area contributed by atoms with Crippen molar-refractivity contribution < 1.29 is 9.47 Å². The van der Waals surface area contributed by atoms with Gasteiger partial charge in [-0.05, 0) is 36.2 Å². The van der Waals surface area contributed by atoms with Gasteiger partial charge in [0.1, 0.15) is 5.75 Å². The minimum atomic E-state index is 0.171. The Bertz CT molecular complexity index is 531. The molecule has 106 valence electrons.